The van der Waals surface area contributed by atoms with E-state index in [0.29, 0.717) is 17.8 Å². The van der Waals surface area contributed by atoms with Crippen LogP contribution in [-0.2, 0) is 0 Å². The maximum Gasteiger partial charge on any atom is 0.251 e. The zero-order chi connectivity index (χ0) is 12.1. The van der Waals surface area contributed by atoms with Crippen molar-refractivity contribution in [2.75, 3.05) is 18.9 Å². The van der Waals surface area contributed by atoms with Crippen molar-refractivity contribution in [2.45, 2.75) is 6.92 Å². The van der Waals surface area contributed by atoms with Crippen molar-refractivity contribution in [1.29, 1.82) is 0 Å². The van der Waals surface area contributed by atoms with E-state index in [2.05, 4.69) is 21.2 Å². The highest BCUT2D eigenvalue weighted by molar-refractivity contribution is 9.10. The number of nitrogens with two attached hydrogens (primary N) is 1. The second-order valence-corrected chi connectivity index (χ2v) is 4.59. The van der Waals surface area contributed by atoms with Gasteiger partial charge < -0.3 is 16.2 Å². The zero-order valence-electron chi connectivity index (χ0n) is 9.03. The van der Waals surface area contributed by atoms with Crippen LogP contribution in [-0.4, -0.2) is 24.2 Å². The van der Waals surface area contributed by atoms with Crippen LogP contribution >= 0.6 is 15.9 Å². The van der Waals surface area contributed by atoms with Crippen LogP contribution in [0.3, 0.4) is 0 Å². The molecular weight excluding hydrogens is 272 g/mol. The van der Waals surface area contributed by atoms with Gasteiger partial charge in [-0.1, -0.05) is 6.92 Å². The van der Waals surface area contributed by atoms with Crippen molar-refractivity contribution >= 4 is 27.5 Å². The first-order chi connectivity index (χ1) is 7.54. The molecule has 4 N–H and O–H groups in total. The SMILES string of the molecule is CC(CO)CNC(=O)c1ccc(Br)c(N)c1. The van der Waals surface area contributed by atoms with E-state index in [9.17, 15) is 4.79 Å². The summed E-state index contributed by atoms with van der Waals surface area (Å²) in [6.45, 7) is 2.37. The highest BCUT2D eigenvalue weighted by Gasteiger charge is 2.08. The first kappa shape index (κ1) is 13.0. The van der Waals surface area contributed by atoms with Crippen LogP contribution in [0.4, 0.5) is 5.69 Å². The van der Waals surface area contributed by atoms with E-state index in [1.807, 2.05) is 6.92 Å². The maximum atomic E-state index is 11.7. The van der Waals surface area contributed by atoms with Crippen molar-refractivity contribution in [2.24, 2.45) is 5.92 Å². The second-order valence-electron chi connectivity index (χ2n) is 3.73. The average Bonchev–Trinajstić information content (AvgIpc) is 2.29. The molecule has 5 heteroatoms. The molecule has 1 unspecified atom stereocenters. The smallest absolute Gasteiger partial charge is 0.251 e. The molecule has 4 nitrogen and oxygen atoms in total. The molecule has 0 saturated carbocycles. The standard InChI is InChI=1S/C11H15BrN2O2/c1-7(6-15)5-14-11(16)8-2-3-9(12)10(13)4-8/h2-4,7,15H,5-6,13H2,1H3,(H,14,16). The molecule has 0 radical (unpaired) electrons. The van der Waals surface area contributed by atoms with E-state index < -0.39 is 0 Å². The van der Waals surface area contributed by atoms with Crippen LogP contribution in [0.2, 0.25) is 0 Å². The summed E-state index contributed by atoms with van der Waals surface area (Å²) < 4.78 is 0.771. The van der Waals surface area contributed by atoms with Crippen molar-refractivity contribution in [3.63, 3.8) is 0 Å². The number of carbonyl (C=O) groups is 1. The van der Waals surface area contributed by atoms with E-state index in [4.69, 9.17) is 10.8 Å². The molecule has 1 aromatic carbocycles. The number of aliphatic hydroxyl groups is 1. The van der Waals surface area contributed by atoms with Crippen molar-refractivity contribution in [3.8, 4) is 0 Å². The Morgan fingerprint density at radius 3 is 2.88 bits per heavy atom. The number of benzene rings is 1. The van der Waals surface area contributed by atoms with Crippen LogP contribution in [0.5, 0.6) is 0 Å². The first-order valence-electron chi connectivity index (χ1n) is 4.98. The lowest BCUT2D eigenvalue weighted by atomic mass is 10.1. The van der Waals surface area contributed by atoms with Gasteiger partial charge in [-0.05, 0) is 40.0 Å². The highest BCUT2D eigenvalue weighted by atomic mass is 79.9. The second kappa shape index (κ2) is 5.86. The fraction of sp³-hybridized carbons (Fsp3) is 0.364. The molecule has 0 spiro atoms. The van der Waals surface area contributed by atoms with Gasteiger partial charge in [0.15, 0.2) is 0 Å². The minimum Gasteiger partial charge on any atom is -0.398 e. The van der Waals surface area contributed by atoms with Gasteiger partial charge in [0, 0.05) is 28.9 Å². The van der Waals surface area contributed by atoms with E-state index in [0.717, 1.165) is 4.47 Å². The fourth-order valence-electron chi connectivity index (χ4n) is 1.12. The summed E-state index contributed by atoms with van der Waals surface area (Å²) >= 11 is 3.26. The van der Waals surface area contributed by atoms with Gasteiger partial charge in [0.05, 0.1) is 0 Å². The molecule has 0 heterocycles. The monoisotopic (exact) mass is 286 g/mol. The first-order valence-corrected chi connectivity index (χ1v) is 5.78. The molecule has 0 aliphatic heterocycles. The molecule has 0 aliphatic carbocycles. The number of hydrogen-bond donors (Lipinski definition) is 3. The molecule has 0 bridgehead atoms. The molecule has 0 aliphatic rings. The lowest BCUT2D eigenvalue weighted by Crippen LogP contribution is -2.29. The Morgan fingerprint density at radius 2 is 2.31 bits per heavy atom. The Labute approximate surface area is 103 Å². The molecule has 0 fully saturated rings. The van der Waals surface area contributed by atoms with E-state index in [1.54, 1.807) is 18.2 Å². The number of rotatable bonds is 4. The number of hydrogen-bond acceptors (Lipinski definition) is 3. The molecule has 1 atom stereocenters. The molecule has 1 amide bonds. The van der Waals surface area contributed by atoms with Gasteiger partial charge in [0.1, 0.15) is 0 Å². The minimum atomic E-state index is -0.181. The van der Waals surface area contributed by atoms with Gasteiger partial charge >= 0.3 is 0 Å². The van der Waals surface area contributed by atoms with Crippen LogP contribution in [0.25, 0.3) is 0 Å². The number of nitrogen functional groups attached to an aromatic ring is 1. The lowest BCUT2D eigenvalue weighted by molar-refractivity contribution is 0.0942. The van der Waals surface area contributed by atoms with Gasteiger partial charge in [-0.2, -0.15) is 0 Å². The molecule has 88 valence electrons. The van der Waals surface area contributed by atoms with Gasteiger partial charge in [-0.3, -0.25) is 4.79 Å². The van der Waals surface area contributed by atoms with Crippen LogP contribution in [0.1, 0.15) is 17.3 Å². The summed E-state index contributed by atoms with van der Waals surface area (Å²) in [5.74, 6) is -0.128. The fourth-order valence-corrected chi connectivity index (χ4v) is 1.37. The third-order valence-corrected chi connectivity index (χ3v) is 2.90. The summed E-state index contributed by atoms with van der Waals surface area (Å²) in [5, 5.41) is 11.5. The molecular formula is C11H15BrN2O2. The van der Waals surface area contributed by atoms with Gasteiger partial charge in [0.2, 0.25) is 0 Å². The number of aliphatic hydroxyl groups excluding tert-OH is 1. The topological polar surface area (TPSA) is 75.3 Å². The number of carbonyl (C=O) groups excluding carboxylic acids is 1. The van der Waals surface area contributed by atoms with E-state index in [1.165, 1.54) is 0 Å². The largest absolute Gasteiger partial charge is 0.398 e. The van der Waals surface area contributed by atoms with E-state index >= 15 is 0 Å². The summed E-state index contributed by atoms with van der Waals surface area (Å²) in [4.78, 5) is 11.7. The molecule has 1 rings (SSSR count). The number of nitrogens with one attached hydrogen (secondary N) is 1. The molecule has 0 aromatic heterocycles. The predicted molar refractivity (Wildman–Crippen MR) is 67.1 cm³/mol. The number of halogens is 1. The predicted octanol–water partition coefficient (Wildman–Crippen LogP) is 1.39. The van der Waals surface area contributed by atoms with Crippen LogP contribution < -0.4 is 11.1 Å². The van der Waals surface area contributed by atoms with Crippen molar-refractivity contribution < 1.29 is 9.90 Å². The number of amides is 1. The Kier molecular flexibility index (Phi) is 4.76. The summed E-state index contributed by atoms with van der Waals surface area (Å²) in [7, 11) is 0. The Morgan fingerprint density at radius 1 is 1.62 bits per heavy atom. The Bertz CT molecular complexity index is 382. The quantitative estimate of drug-likeness (QED) is 0.732. The van der Waals surface area contributed by atoms with Crippen LogP contribution in [0.15, 0.2) is 22.7 Å². The normalized spacial score (nSPS) is 12.2. The summed E-state index contributed by atoms with van der Waals surface area (Å²) in [6, 6.07) is 5.04. The lowest BCUT2D eigenvalue weighted by Gasteiger charge is -2.10. The Balaban J connectivity index is 2.63. The molecule has 1 aromatic rings. The zero-order valence-corrected chi connectivity index (χ0v) is 10.6. The van der Waals surface area contributed by atoms with Crippen molar-refractivity contribution in [3.05, 3.63) is 28.2 Å². The third-order valence-electron chi connectivity index (χ3n) is 2.18. The summed E-state index contributed by atoms with van der Waals surface area (Å²) in [6.07, 6.45) is 0. The van der Waals surface area contributed by atoms with Gasteiger partial charge in [-0.15, -0.1) is 0 Å². The molecule has 16 heavy (non-hydrogen) atoms. The average molecular weight is 287 g/mol. The Hall–Kier alpha value is -1.07. The van der Waals surface area contributed by atoms with Crippen LogP contribution in [0, 0.1) is 5.92 Å². The highest BCUT2D eigenvalue weighted by Crippen LogP contribution is 2.20. The van der Waals surface area contributed by atoms with Gasteiger partial charge in [-0.25, -0.2) is 0 Å². The maximum absolute atomic E-state index is 11.7. The van der Waals surface area contributed by atoms with Crippen molar-refractivity contribution in [1.82, 2.24) is 5.32 Å². The minimum absolute atomic E-state index is 0.0525. The molecule has 0 saturated heterocycles. The summed E-state index contributed by atoms with van der Waals surface area (Å²) in [5.41, 5.74) is 6.72. The third kappa shape index (κ3) is 3.50. The number of anilines is 1. The van der Waals surface area contributed by atoms with Gasteiger partial charge in [0.25, 0.3) is 5.91 Å². The van der Waals surface area contributed by atoms with E-state index in [-0.39, 0.29) is 18.4 Å².